The van der Waals surface area contributed by atoms with E-state index in [0.29, 0.717) is 22.5 Å². The van der Waals surface area contributed by atoms with Gasteiger partial charge in [0, 0.05) is 17.3 Å². The Morgan fingerprint density at radius 1 is 1.26 bits per heavy atom. The highest BCUT2D eigenvalue weighted by atomic mass is 35.5. The molecule has 0 bridgehead atoms. The Labute approximate surface area is 159 Å². The molecule has 0 atom stereocenters. The van der Waals surface area contributed by atoms with Gasteiger partial charge in [-0.3, -0.25) is 9.59 Å². The molecule has 1 amide bonds. The lowest BCUT2D eigenvalue weighted by molar-refractivity contribution is -0.114. The van der Waals surface area contributed by atoms with Gasteiger partial charge in [-0.1, -0.05) is 29.8 Å². The summed E-state index contributed by atoms with van der Waals surface area (Å²) >= 11 is 5.95. The molecule has 0 fully saturated rings. The second-order valence-electron chi connectivity index (χ2n) is 6.17. The second kappa shape index (κ2) is 6.75. The Hall–Kier alpha value is -3.36. The summed E-state index contributed by atoms with van der Waals surface area (Å²) in [4.78, 5) is 27.1. The zero-order valence-electron chi connectivity index (χ0n) is 14.1. The maximum absolute atomic E-state index is 12.9. The van der Waals surface area contributed by atoms with Gasteiger partial charge in [0.25, 0.3) is 5.91 Å². The van der Waals surface area contributed by atoms with Crippen LogP contribution in [0.25, 0.3) is 17.0 Å². The highest BCUT2D eigenvalue weighted by molar-refractivity contribution is 6.31. The van der Waals surface area contributed by atoms with Gasteiger partial charge in [0.2, 0.25) is 0 Å². The summed E-state index contributed by atoms with van der Waals surface area (Å²) in [6.45, 7) is 0.499. The fourth-order valence-corrected chi connectivity index (χ4v) is 3.38. The van der Waals surface area contributed by atoms with Crippen molar-refractivity contribution in [1.29, 1.82) is 5.26 Å². The number of anilines is 1. The molecule has 3 aromatic rings. The van der Waals surface area contributed by atoms with Crippen LogP contribution in [0.4, 0.5) is 5.69 Å². The largest absolute Gasteiger partial charge is 0.463 e. The van der Waals surface area contributed by atoms with Crippen molar-refractivity contribution in [1.82, 2.24) is 0 Å². The van der Waals surface area contributed by atoms with E-state index in [-0.39, 0.29) is 16.6 Å². The number of amides is 1. The lowest BCUT2D eigenvalue weighted by Crippen LogP contribution is -2.30. The molecule has 132 valence electrons. The van der Waals surface area contributed by atoms with E-state index in [4.69, 9.17) is 16.0 Å². The maximum Gasteiger partial charge on any atom is 0.268 e. The Balaban J connectivity index is 1.75. The van der Waals surface area contributed by atoms with Crippen molar-refractivity contribution < 1.29 is 9.21 Å². The number of hydrogen-bond acceptors (Lipinski definition) is 4. The van der Waals surface area contributed by atoms with Crippen molar-refractivity contribution in [2.75, 3.05) is 11.4 Å². The predicted molar refractivity (Wildman–Crippen MR) is 104 cm³/mol. The first-order chi connectivity index (χ1) is 13.1. The van der Waals surface area contributed by atoms with E-state index in [0.717, 1.165) is 17.7 Å². The van der Waals surface area contributed by atoms with Crippen LogP contribution in [0.2, 0.25) is 5.02 Å². The van der Waals surface area contributed by atoms with E-state index in [1.54, 1.807) is 17.0 Å². The number of para-hydroxylation sites is 1. The number of nitriles is 1. The van der Waals surface area contributed by atoms with E-state index < -0.39 is 5.91 Å². The minimum Gasteiger partial charge on any atom is -0.463 e. The van der Waals surface area contributed by atoms with Crippen LogP contribution in [-0.2, 0) is 11.2 Å². The lowest BCUT2D eigenvalue weighted by Gasteiger charge is -2.16. The molecule has 0 N–H and O–H groups in total. The number of rotatable bonds is 2. The van der Waals surface area contributed by atoms with Crippen LogP contribution in [-0.4, -0.2) is 12.5 Å². The summed E-state index contributed by atoms with van der Waals surface area (Å²) in [5.41, 5.74) is 1.90. The Bertz CT molecular complexity index is 1200. The summed E-state index contributed by atoms with van der Waals surface area (Å²) in [5.74, 6) is -0.437. The molecule has 1 aromatic heterocycles. The average Bonchev–Trinajstić information content (AvgIpc) is 3.11. The lowest BCUT2D eigenvalue weighted by atomic mass is 10.1. The molecular weight excluding hydrogens is 364 g/mol. The first-order valence-electron chi connectivity index (χ1n) is 8.31. The molecular formula is C21H13ClN2O3. The molecule has 5 nitrogen and oxygen atoms in total. The van der Waals surface area contributed by atoms with Crippen LogP contribution < -0.4 is 10.3 Å². The van der Waals surface area contributed by atoms with E-state index in [2.05, 4.69) is 0 Å². The van der Waals surface area contributed by atoms with Crippen LogP contribution in [0, 0.1) is 11.3 Å². The van der Waals surface area contributed by atoms with Gasteiger partial charge in [-0.25, -0.2) is 0 Å². The molecule has 1 aliphatic rings. The van der Waals surface area contributed by atoms with Gasteiger partial charge in [0.15, 0.2) is 5.43 Å². The van der Waals surface area contributed by atoms with Crippen LogP contribution >= 0.6 is 11.6 Å². The van der Waals surface area contributed by atoms with Crippen molar-refractivity contribution in [3.05, 3.63) is 80.7 Å². The molecule has 0 spiro atoms. The molecule has 0 saturated carbocycles. The SMILES string of the molecule is N#C/C(=C\c1coc2ccc(Cl)cc2c1=O)C(=O)N1CCc2ccccc21. The van der Waals surface area contributed by atoms with Crippen LogP contribution in [0.5, 0.6) is 0 Å². The topological polar surface area (TPSA) is 74.3 Å². The summed E-state index contributed by atoms with van der Waals surface area (Å²) in [7, 11) is 0. The highest BCUT2D eigenvalue weighted by Gasteiger charge is 2.26. The molecule has 0 radical (unpaired) electrons. The van der Waals surface area contributed by atoms with Crippen molar-refractivity contribution in [3.63, 3.8) is 0 Å². The Morgan fingerprint density at radius 3 is 2.89 bits per heavy atom. The molecule has 0 unspecified atom stereocenters. The van der Waals surface area contributed by atoms with Gasteiger partial charge < -0.3 is 9.32 Å². The first kappa shape index (κ1) is 17.1. The normalized spacial score (nSPS) is 13.5. The van der Waals surface area contributed by atoms with Crippen molar-refractivity contribution >= 4 is 40.2 Å². The molecule has 0 saturated heterocycles. The maximum atomic E-state index is 12.9. The summed E-state index contributed by atoms with van der Waals surface area (Å²) in [5, 5.41) is 10.2. The van der Waals surface area contributed by atoms with E-state index in [9.17, 15) is 14.9 Å². The predicted octanol–water partition coefficient (Wildman–Crippen LogP) is 3.94. The van der Waals surface area contributed by atoms with Crippen LogP contribution in [0.3, 0.4) is 0 Å². The number of hydrogen-bond donors (Lipinski definition) is 0. The van der Waals surface area contributed by atoms with Gasteiger partial charge in [0.1, 0.15) is 23.5 Å². The molecule has 6 heteroatoms. The molecule has 2 heterocycles. The molecule has 27 heavy (non-hydrogen) atoms. The summed E-state index contributed by atoms with van der Waals surface area (Å²) < 4.78 is 5.45. The summed E-state index contributed by atoms with van der Waals surface area (Å²) in [6, 6.07) is 14.2. The quantitative estimate of drug-likeness (QED) is 0.501. The van der Waals surface area contributed by atoms with E-state index in [1.807, 2.05) is 30.3 Å². The number of halogens is 1. The van der Waals surface area contributed by atoms with Crippen molar-refractivity contribution in [2.24, 2.45) is 0 Å². The number of carbonyl (C=O) groups is 1. The first-order valence-corrected chi connectivity index (χ1v) is 8.69. The zero-order chi connectivity index (χ0) is 19.0. The number of benzene rings is 2. The van der Waals surface area contributed by atoms with Gasteiger partial charge in [-0.15, -0.1) is 0 Å². The molecule has 1 aliphatic heterocycles. The highest BCUT2D eigenvalue weighted by Crippen LogP contribution is 2.29. The third kappa shape index (κ3) is 3.01. The van der Waals surface area contributed by atoms with E-state index in [1.165, 1.54) is 18.4 Å². The van der Waals surface area contributed by atoms with Crippen molar-refractivity contribution in [3.8, 4) is 6.07 Å². The number of fused-ring (bicyclic) bond motifs is 2. The monoisotopic (exact) mass is 376 g/mol. The Morgan fingerprint density at radius 2 is 2.07 bits per heavy atom. The third-order valence-electron chi connectivity index (χ3n) is 4.54. The van der Waals surface area contributed by atoms with Gasteiger partial charge in [-0.2, -0.15) is 5.26 Å². The smallest absolute Gasteiger partial charge is 0.268 e. The molecule has 0 aliphatic carbocycles. The fourth-order valence-electron chi connectivity index (χ4n) is 3.21. The molecule has 4 rings (SSSR count). The van der Waals surface area contributed by atoms with Crippen LogP contribution in [0.15, 0.2) is 63.5 Å². The number of carbonyl (C=O) groups excluding carboxylic acids is 1. The number of nitrogens with zero attached hydrogens (tertiary/aromatic N) is 2. The standard InChI is InChI=1S/C21H13ClN2O3/c22-16-5-6-19-17(10-16)20(25)15(12-27-19)9-14(11-23)21(26)24-8-7-13-3-1-2-4-18(13)24/h1-6,9-10,12H,7-8H2/b14-9+. The average molecular weight is 377 g/mol. The van der Waals surface area contributed by atoms with Crippen LogP contribution in [0.1, 0.15) is 11.1 Å². The van der Waals surface area contributed by atoms with Gasteiger partial charge in [-0.05, 0) is 42.3 Å². The second-order valence-corrected chi connectivity index (χ2v) is 6.60. The van der Waals surface area contributed by atoms with Gasteiger partial charge >= 0.3 is 0 Å². The fraction of sp³-hybridized carbons (Fsp3) is 0.0952. The zero-order valence-corrected chi connectivity index (χ0v) is 14.9. The van der Waals surface area contributed by atoms with Crippen molar-refractivity contribution in [2.45, 2.75) is 6.42 Å². The Kier molecular flexibility index (Phi) is 4.27. The minimum atomic E-state index is -0.437. The van der Waals surface area contributed by atoms with E-state index >= 15 is 0 Å². The third-order valence-corrected chi connectivity index (χ3v) is 4.78. The minimum absolute atomic E-state index is 0.125. The summed E-state index contributed by atoms with van der Waals surface area (Å²) in [6.07, 6.45) is 3.26. The molecule has 2 aromatic carbocycles. The van der Waals surface area contributed by atoms with Gasteiger partial charge in [0.05, 0.1) is 10.9 Å².